The van der Waals surface area contributed by atoms with Crippen molar-refractivity contribution in [3.8, 4) is 0 Å². The lowest BCUT2D eigenvalue weighted by Gasteiger charge is -2.21. The number of benzene rings is 2. The molecule has 1 amide bonds. The van der Waals surface area contributed by atoms with Gasteiger partial charge in [-0.3, -0.25) is 4.79 Å². The summed E-state index contributed by atoms with van der Waals surface area (Å²) >= 11 is 1.40. The lowest BCUT2D eigenvalue weighted by molar-refractivity contribution is -0.121. The predicted molar refractivity (Wildman–Crippen MR) is 125 cm³/mol. The lowest BCUT2D eigenvalue weighted by Crippen LogP contribution is -2.40. The highest BCUT2D eigenvalue weighted by Gasteiger charge is 2.39. The maximum Gasteiger partial charge on any atom is 0.266 e. The van der Waals surface area contributed by atoms with E-state index in [9.17, 15) is 17.6 Å². The second-order valence-electron chi connectivity index (χ2n) is 8.11. The molecule has 1 aliphatic rings. The summed E-state index contributed by atoms with van der Waals surface area (Å²) in [4.78, 5) is 18.1. The average Bonchev–Trinajstić information content (AvgIpc) is 3.39. The van der Waals surface area contributed by atoms with Crippen LogP contribution in [0.15, 0.2) is 46.3 Å². The molecule has 4 rings (SSSR count). The van der Waals surface area contributed by atoms with Crippen molar-refractivity contribution in [3.63, 3.8) is 0 Å². The number of fused-ring (bicyclic) bond motifs is 1. The molecule has 0 spiro atoms. The molecule has 0 bridgehead atoms. The minimum atomic E-state index is -3.94. The Labute approximate surface area is 196 Å². The van der Waals surface area contributed by atoms with Gasteiger partial charge in [0.25, 0.3) is 5.91 Å². The van der Waals surface area contributed by atoms with Crippen LogP contribution in [0.4, 0.5) is 4.39 Å². The van der Waals surface area contributed by atoms with E-state index in [1.807, 2.05) is 18.4 Å². The molecule has 2 heterocycles. The summed E-state index contributed by atoms with van der Waals surface area (Å²) in [5, 5.41) is 0. The van der Waals surface area contributed by atoms with Gasteiger partial charge in [0.05, 0.1) is 21.7 Å². The van der Waals surface area contributed by atoms with Crippen LogP contribution >= 0.6 is 11.3 Å². The molecule has 33 heavy (non-hydrogen) atoms. The summed E-state index contributed by atoms with van der Waals surface area (Å²) in [5.41, 5.74) is 3.25. The maximum absolute atomic E-state index is 13.3. The molecule has 0 saturated carbocycles. The van der Waals surface area contributed by atoms with Crippen LogP contribution in [-0.4, -0.2) is 49.5 Å². The normalized spacial score (nSPS) is 17.8. The van der Waals surface area contributed by atoms with Gasteiger partial charge < -0.3 is 9.30 Å². The molecule has 1 saturated heterocycles. The van der Waals surface area contributed by atoms with Crippen molar-refractivity contribution >= 4 is 37.5 Å². The molecular formula is C23H26FN3O4S2. The molecule has 1 aromatic heterocycles. The minimum Gasteiger partial charge on any atom is -0.383 e. The number of amides is 1. The van der Waals surface area contributed by atoms with E-state index in [0.29, 0.717) is 30.8 Å². The van der Waals surface area contributed by atoms with E-state index in [0.717, 1.165) is 33.5 Å². The van der Waals surface area contributed by atoms with Crippen LogP contribution in [0, 0.1) is 19.7 Å². The number of sulfonamides is 1. The monoisotopic (exact) mass is 491 g/mol. The van der Waals surface area contributed by atoms with Crippen molar-refractivity contribution in [2.45, 2.75) is 44.2 Å². The third-order valence-corrected chi connectivity index (χ3v) is 8.90. The van der Waals surface area contributed by atoms with Crippen molar-refractivity contribution in [2.24, 2.45) is 4.99 Å². The fraction of sp³-hybridized carbons (Fsp3) is 0.391. The van der Waals surface area contributed by atoms with Crippen molar-refractivity contribution < 1.29 is 22.3 Å². The number of aryl methyl sites for hydroxylation is 2. The number of ether oxygens (including phenoxy) is 1. The van der Waals surface area contributed by atoms with Crippen LogP contribution in [0.1, 0.15) is 24.0 Å². The van der Waals surface area contributed by atoms with Crippen molar-refractivity contribution in [3.05, 3.63) is 58.1 Å². The molecule has 0 N–H and O–H groups in total. The second kappa shape index (κ2) is 9.46. The molecule has 176 valence electrons. The molecule has 7 nitrogen and oxygen atoms in total. The fourth-order valence-electron chi connectivity index (χ4n) is 3.99. The second-order valence-corrected chi connectivity index (χ2v) is 11.0. The highest BCUT2D eigenvalue weighted by Crippen LogP contribution is 2.27. The first-order chi connectivity index (χ1) is 15.7. The molecule has 0 aliphatic carbocycles. The van der Waals surface area contributed by atoms with E-state index in [4.69, 9.17) is 4.74 Å². The van der Waals surface area contributed by atoms with Gasteiger partial charge in [0.1, 0.15) is 11.9 Å². The Kier molecular flexibility index (Phi) is 6.81. The third-order valence-electron chi connectivity index (χ3n) is 5.93. The van der Waals surface area contributed by atoms with E-state index in [2.05, 4.69) is 17.1 Å². The van der Waals surface area contributed by atoms with Crippen LogP contribution in [0.3, 0.4) is 0 Å². The van der Waals surface area contributed by atoms with Crippen LogP contribution < -0.4 is 4.80 Å². The summed E-state index contributed by atoms with van der Waals surface area (Å²) in [5.74, 6) is -1.02. The quantitative estimate of drug-likeness (QED) is 0.529. The Bertz CT molecular complexity index is 1360. The van der Waals surface area contributed by atoms with Crippen molar-refractivity contribution in [1.82, 2.24) is 8.87 Å². The van der Waals surface area contributed by atoms with Gasteiger partial charge in [0, 0.05) is 20.2 Å². The minimum absolute atomic E-state index is 0.0356. The molecule has 10 heteroatoms. The number of aromatic nitrogens is 1. The molecule has 1 unspecified atom stereocenters. The number of nitrogens with zero attached hydrogens (tertiary/aromatic N) is 3. The van der Waals surface area contributed by atoms with E-state index in [-0.39, 0.29) is 11.4 Å². The largest absolute Gasteiger partial charge is 0.383 e. The average molecular weight is 492 g/mol. The topological polar surface area (TPSA) is 81.0 Å². The smallest absolute Gasteiger partial charge is 0.266 e. The van der Waals surface area contributed by atoms with Gasteiger partial charge in [-0.25, -0.2) is 12.8 Å². The van der Waals surface area contributed by atoms with Gasteiger partial charge in [-0.1, -0.05) is 11.3 Å². The van der Waals surface area contributed by atoms with E-state index >= 15 is 0 Å². The molecule has 0 radical (unpaired) electrons. The zero-order valence-corrected chi connectivity index (χ0v) is 20.4. The van der Waals surface area contributed by atoms with E-state index < -0.39 is 27.8 Å². The van der Waals surface area contributed by atoms with Gasteiger partial charge in [0.2, 0.25) is 10.0 Å². The Morgan fingerprint density at radius 1 is 1.21 bits per heavy atom. The Morgan fingerprint density at radius 2 is 1.91 bits per heavy atom. The standard InChI is InChI=1S/C23H26FN3O4S2/c1-15-13-20-21(14-16(15)2)32-23(26(20)11-12-31-3)25-22(28)19-5-4-10-27(19)33(29,30)18-8-6-17(24)7-9-18/h6-9,13-14,19H,4-5,10-12H2,1-3H3. The first-order valence-corrected chi connectivity index (χ1v) is 12.9. The third kappa shape index (κ3) is 4.65. The molecule has 1 aliphatic heterocycles. The number of thiazole rings is 1. The Hall–Kier alpha value is -2.40. The highest BCUT2D eigenvalue weighted by molar-refractivity contribution is 7.89. The SMILES string of the molecule is COCCn1c(=NC(=O)C2CCCN2S(=O)(=O)c2ccc(F)cc2)sc2cc(C)c(C)cc21. The number of carbonyl (C=O) groups is 1. The van der Waals surface area contributed by atoms with Crippen LogP contribution in [0.2, 0.25) is 0 Å². The Morgan fingerprint density at radius 3 is 2.61 bits per heavy atom. The Balaban J connectivity index is 1.73. The summed E-state index contributed by atoms with van der Waals surface area (Å²) in [6.45, 7) is 5.26. The fourth-order valence-corrected chi connectivity index (χ4v) is 6.78. The first-order valence-electron chi connectivity index (χ1n) is 10.7. The van der Waals surface area contributed by atoms with E-state index in [1.54, 1.807) is 7.11 Å². The summed E-state index contributed by atoms with van der Waals surface area (Å²) in [7, 11) is -2.33. The van der Waals surface area contributed by atoms with Crippen LogP contribution in [0.25, 0.3) is 10.2 Å². The zero-order valence-electron chi connectivity index (χ0n) is 18.7. The number of hydrogen-bond donors (Lipinski definition) is 0. The molecule has 1 atom stereocenters. The number of methoxy groups -OCH3 is 1. The molecule has 1 fully saturated rings. The highest BCUT2D eigenvalue weighted by atomic mass is 32.2. The number of hydrogen-bond acceptors (Lipinski definition) is 5. The van der Waals surface area contributed by atoms with Crippen molar-refractivity contribution in [1.29, 1.82) is 0 Å². The van der Waals surface area contributed by atoms with Gasteiger partial charge >= 0.3 is 0 Å². The van der Waals surface area contributed by atoms with Crippen molar-refractivity contribution in [2.75, 3.05) is 20.3 Å². The number of rotatable bonds is 6. The van der Waals surface area contributed by atoms with Gasteiger partial charge in [-0.15, -0.1) is 0 Å². The number of carbonyl (C=O) groups excluding carboxylic acids is 1. The van der Waals surface area contributed by atoms with Gasteiger partial charge in [-0.05, 0) is 74.2 Å². The van der Waals surface area contributed by atoms with Gasteiger partial charge in [0.15, 0.2) is 4.80 Å². The molecule has 2 aromatic carbocycles. The summed E-state index contributed by atoms with van der Waals surface area (Å²) in [6, 6.07) is 7.90. The molecule has 3 aromatic rings. The number of halogens is 1. The summed E-state index contributed by atoms with van der Waals surface area (Å²) < 4.78 is 48.9. The van der Waals surface area contributed by atoms with E-state index in [1.165, 1.54) is 27.8 Å². The lowest BCUT2D eigenvalue weighted by atomic mass is 10.1. The molecular weight excluding hydrogens is 465 g/mol. The first kappa shape index (κ1) is 23.7. The van der Waals surface area contributed by atoms with Crippen LogP contribution in [-0.2, 0) is 26.1 Å². The maximum atomic E-state index is 13.3. The zero-order chi connectivity index (χ0) is 23.8. The van der Waals surface area contributed by atoms with Crippen LogP contribution in [0.5, 0.6) is 0 Å². The summed E-state index contributed by atoms with van der Waals surface area (Å²) in [6.07, 6.45) is 0.949. The predicted octanol–water partition coefficient (Wildman–Crippen LogP) is 3.39. The van der Waals surface area contributed by atoms with Gasteiger partial charge in [-0.2, -0.15) is 9.30 Å².